The number of anilines is 1. The van der Waals surface area contributed by atoms with Crippen LogP contribution in [0.1, 0.15) is 69.9 Å². The second-order valence-electron chi connectivity index (χ2n) is 15.8. The number of azide groups is 1. The normalized spacial score (nSPS) is 20.2. The Kier molecular flexibility index (Phi) is 12.2. The first kappa shape index (κ1) is 40.1. The smallest absolute Gasteiger partial charge is 0.410 e. The van der Waals surface area contributed by atoms with E-state index in [4.69, 9.17) is 9.47 Å². The molecule has 3 atom stereocenters. The van der Waals surface area contributed by atoms with Crippen molar-refractivity contribution in [2.24, 2.45) is 16.4 Å². The van der Waals surface area contributed by atoms with Crippen LogP contribution in [0.2, 0.25) is 0 Å². The van der Waals surface area contributed by atoms with E-state index >= 15 is 4.39 Å². The minimum atomic E-state index is -4.05. The van der Waals surface area contributed by atoms with E-state index in [1.807, 2.05) is 0 Å². The number of carbonyl (C=O) groups is 2. The van der Waals surface area contributed by atoms with Gasteiger partial charge >= 0.3 is 6.09 Å². The number of carbonyl (C=O) groups excluding carboxylic acids is 2. The molecule has 2 heterocycles. The summed E-state index contributed by atoms with van der Waals surface area (Å²) in [6.45, 7) is 6.73. The molecule has 3 aromatic carbocycles. The van der Waals surface area contributed by atoms with Crippen LogP contribution in [0, 0.1) is 23.0 Å². The maximum atomic E-state index is 15.9. The van der Waals surface area contributed by atoms with Crippen LogP contribution < -0.4 is 5.32 Å². The fourth-order valence-corrected chi connectivity index (χ4v) is 9.57. The van der Waals surface area contributed by atoms with Crippen LogP contribution in [-0.4, -0.2) is 80.2 Å². The zero-order valence-electron chi connectivity index (χ0n) is 31.4. The monoisotopic (exact) mass is 778 g/mol. The molecular formula is C40H48F2N6O6S. The number of hydrogen-bond acceptors (Lipinski definition) is 7. The maximum Gasteiger partial charge on any atom is 0.410 e. The maximum absolute atomic E-state index is 15.9. The Hall–Kier alpha value is -4.56. The minimum absolute atomic E-state index is 0.00351. The molecule has 0 aromatic heterocycles. The lowest BCUT2D eigenvalue weighted by atomic mass is 9.76. The van der Waals surface area contributed by atoms with Crippen molar-refractivity contribution < 1.29 is 36.3 Å². The van der Waals surface area contributed by atoms with E-state index in [2.05, 4.69) is 15.3 Å². The van der Waals surface area contributed by atoms with E-state index in [1.165, 1.54) is 40.7 Å². The molecule has 1 spiro atoms. The second-order valence-corrected chi connectivity index (χ2v) is 17.7. The summed E-state index contributed by atoms with van der Waals surface area (Å²) < 4.78 is 71.2. The van der Waals surface area contributed by atoms with Gasteiger partial charge in [0.15, 0.2) is 0 Å². The van der Waals surface area contributed by atoms with Crippen LogP contribution in [0.3, 0.4) is 0 Å². The Bertz CT molecular complexity index is 2000. The van der Waals surface area contributed by atoms with Gasteiger partial charge in [0, 0.05) is 66.4 Å². The standard InChI is InChI=1S/C40H48F2N6O6S/c1-39(2,3)54-38(50)47-24-30(48(26-40(25-47)20-21-40)55(51,52)31-8-5-4-6-9-31)16-17-32-33(42)10-7-11-34(32)44-37(49)36(45-46-43)35(28-18-22-53-23-19-28)27-12-14-29(41)15-13-27/h4-15,28,30,35-36H,16-26H2,1-3H3,(H,44,49). The van der Waals surface area contributed by atoms with Crippen molar-refractivity contribution in [3.8, 4) is 0 Å². The molecule has 1 saturated carbocycles. The summed E-state index contributed by atoms with van der Waals surface area (Å²) in [7, 11) is -4.05. The SMILES string of the molecule is CC(C)(C)OC(=O)N1CC(CCc2c(F)cccc2NC(=O)C(N=[N+]=[N-])C(c2ccc(F)cc2)C2CCOCC2)N(S(=O)(=O)c2ccccc2)CC2(CC2)C1. The highest BCUT2D eigenvalue weighted by molar-refractivity contribution is 7.89. The highest BCUT2D eigenvalue weighted by atomic mass is 32.2. The largest absolute Gasteiger partial charge is 0.444 e. The Balaban J connectivity index is 1.31. The van der Waals surface area contributed by atoms with Crippen LogP contribution in [0.15, 0.2) is 82.8 Å². The molecule has 2 aliphatic heterocycles. The number of halogens is 2. The molecule has 1 aliphatic carbocycles. The van der Waals surface area contributed by atoms with Gasteiger partial charge in [0.05, 0.1) is 4.90 Å². The summed E-state index contributed by atoms with van der Waals surface area (Å²) in [6, 6.07) is 16.1. The number of sulfonamides is 1. The van der Waals surface area contributed by atoms with E-state index in [0.29, 0.717) is 38.2 Å². The van der Waals surface area contributed by atoms with Crippen LogP contribution in [0.5, 0.6) is 0 Å². The van der Waals surface area contributed by atoms with Crippen LogP contribution >= 0.6 is 0 Å². The van der Waals surface area contributed by atoms with Crippen molar-refractivity contribution >= 4 is 27.7 Å². The minimum Gasteiger partial charge on any atom is -0.444 e. The molecule has 12 nitrogen and oxygen atoms in total. The summed E-state index contributed by atoms with van der Waals surface area (Å²) in [4.78, 5) is 32.4. The molecular weight excluding hydrogens is 731 g/mol. The van der Waals surface area contributed by atoms with Crippen molar-refractivity contribution in [3.63, 3.8) is 0 Å². The van der Waals surface area contributed by atoms with Crippen LogP contribution in [0.4, 0.5) is 19.3 Å². The molecule has 3 unspecified atom stereocenters. The van der Waals surface area contributed by atoms with Crippen molar-refractivity contribution in [3.05, 3.63) is 106 Å². The van der Waals surface area contributed by atoms with Crippen molar-refractivity contribution in [2.75, 3.05) is 38.2 Å². The number of amides is 2. The number of nitrogens with one attached hydrogen (secondary N) is 1. The van der Waals surface area contributed by atoms with Gasteiger partial charge in [0.25, 0.3) is 0 Å². The van der Waals surface area contributed by atoms with Gasteiger partial charge in [-0.25, -0.2) is 22.0 Å². The fourth-order valence-electron chi connectivity index (χ4n) is 7.79. The van der Waals surface area contributed by atoms with Crippen molar-refractivity contribution in [1.82, 2.24) is 9.21 Å². The Morgan fingerprint density at radius 2 is 1.71 bits per heavy atom. The molecule has 294 valence electrons. The average molecular weight is 779 g/mol. The zero-order valence-corrected chi connectivity index (χ0v) is 32.2. The first-order chi connectivity index (χ1) is 26.2. The molecule has 0 bridgehead atoms. The lowest BCUT2D eigenvalue weighted by molar-refractivity contribution is -0.118. The first-order valence-corrected chi connectivity index (χ1v) is 20.1. The summed E-state index contributed by atoms with van der Waals surface area (Å²) >= 11 is 0. The van der Waals surface area contributed by atoms with Gasteiger partial charge in [0.2, 0.25) is 15.9 Å². The van der Waals surface area contributed by atoms with E-state index in [0.717, 1.165) is 12.8 Å². The van der Waals surface area contributed by atoms with Gasteiger partial charge in [-0.15, -0.1) is 0 Å². The van der Waals surface area contributed by atoms with Crippen LogP contribution in [0.25, 0.3) is 10.4 Å². The number of rotatable bonds is 11. The van der Waals surface area contributed by atoms with Gasteiger partial charge in [-0.3, -0.25) is 4.79 Å². The third-order valence-electron chi connectivity index (χ3n) is 10.7. The molecule has 55 heavy (non-hydrogen) atoms. The number of ether oxygens (including phenoxy) is 2. The van der Waals surface area contributed by atoms with Crippen LogP contribution in [-0.2, 0) is 30.7 Å². The second kappa shape index (κ2) is 16.7. The van der Waals surface area contributed by atoms with Gasteiger partial charge in [-0.2, -0.15) is 4.31 Å². The summed E-state index contributed by atoms with van der Waals surface area (Å²) in [5, 5.41) is 6.74. The first-order valence-electron chi connectivity index (χ1n) is 18.7. The molecule has 15 heteroatoms. The molecule has 6 rings (SSSR count). The van der Waals surface area contributed by atoms with Crippen molar-refractivity contribution in [1.29, 1.82) is 0 Å². The summed E-state index contributed by atoms with van der Waals surface area (Å²) in [6.07, 6.45) is 2.20. The zero-order chi connectivity index (χ0) is 39.4. The molecule has 0 radical (unpaired) electrons. The third kappa shape index (κ3) is 9.64. The molecule has 2 saturated heterocycles. The van der Waals surface area contributed by atoms with E-state index in [1.54, 1.807) is 62.1 Å². The molecule has 1 N–H and O–H groups in total. The quantitative estimate of drug-likeness (QED) is 0.119. The topological polar surface area (TPSA) is 154 Å². The summed E-state index contributed by atoms with van der Waals surface area (Å²) in [5.41, 5.74) is 9.30. The Labute approximate surface area is 320 Å². The van der Waals surface area contributed by atoms with Gasteiger partial charge < -0.3 is 19.7 Å². The average Bonchev–Trinajstić information content (AvgIpc) is 3.95. The highest BCUT2D eigenvalue weighted by Crippen LogP contribution is 2.50. The third-order valence-corrected chi connectivity index (χ3v) is 12.6. The van der Waals surface area contributed by atoms with Gasteiger partial charge in [-0.05, 0) is 113 Å². The van der Waals surface area contributed by atoms with E-state index < -0.39 is 62.7 Å². The number of nitrogens with zero attached hydrogens (tertiary/aromatic N) is 5. The van der Waals surface area contributed by atoms with Gasteiger partial charge in [0.1, 0.15) is 23.3 Å². The fraction of sp³-hybridized carbons (Fsp3) is 0.500. The number of hydrogen-bond donors (Lipinski definition) is 1. The highest BCUT2D eigenvalue weighted by Gasteiger charge is 2.52. The number of benzene rings is 3. The Morgan fingerprint density at radius 1 is 1.02 bits per heavy atom. The Morgan fingerprint density at radius 3 is 2.35 bits per heavy atom. The lowest BCUT2D eigenvalue weighted by Gasteiger charge is -2.34. The predicted molar refractivity (Wildman–Crippen MR) is 203 cm³/mol. The van der Waals surface area contributed by atoms with E-state index in [-0.39, 0.29) is 48.0 Å². The van der Waals surface area contributed by atoms with Gasteiger partial charge in [-0.1, -0.05) is 41.5 Å². The van der Waals surface area contributed by atoms with E-state index in [9.17, 15) is 27.9 Å². The molecule has 3 aliphatic rings. The summed E-state index contributed by atoms with van der Waals surface area (Å²) in [5.74, 6) is -2.47. The molecule has 3 fully saturated rings. The van der Waals surface area contributed by atoms with Crippen molar-refractivity contribution in [2.45, 2.75) is 87.8 Å². The molecule has 2 amide bonds. The molecule has 3 aromatic rings. The lowest BCUT2D eigenvalue weighted by Crippen LogP contribution is -2.46. The predicted octanol–water partition coefficient (Wildman–Crippen LogP) is 7.82.